The topological polar surface area (TPSA) is 37.0 Å². The normalized spacial score (nSPS) is 11.8. The first-order chi connectivity index (χ1) is 8.49. The van der Waals surface area contributed by atoms with Gasteiger partial charge in [0, 0.05) is 24.5 Å². The summed E-state index contributed by atoms with van der Waals surface area (Å²) in [7, 11) is 1.91. The number of hydrogen-bond donors (Lipinski definition) is 2. The number of nitrogens with one attached hydrogen (secondary N) is 2. The fourth-order valence-corrected chi connectivity index (χ4v) is 1.89. The number of aromatic nitrogens is 1. The van der Waals surface area contributed by atoms with Crippen LogP contribution in [-0.4, -0.2) is 17.6 Å². The summed E-state index contributed by atoms with van der Waals surface area (Å²) in [6, 6.07) is 10.5. The first-order valence-corrected chi connectivity index (χ1v) is 6.31. The summed E-state index contributed by atoms with van der Waals surface area (Å²) in [5, 5.41) is 9.02. The van der Waals surface area contributed by atoms with Gasteiger partial charge in [0.2, 0.25) is 0 Å². The van der Waals surface area contributed by atoms with Crippen molar-refractivity contribution in [2.45, 2.75) is 32.9 Å². The molecule has 1 aromatic heterocycles. The molecule has 18 heavy (non-hydrogen) atoms. The van der Waals surface area contributed by atoms with Gasteiger partial charge in [-0.1, -0.05) is 24.3 Å². The van der Waals surface area contributed by atoms with E-state index in [1.165, 1.54) is 10.8 Å². The summed E-state index contributed by atoms with van der Waals surface area (Å²) in [6.45, 7) is 7.26. The molecule has 0 spiro atoms. The predicted molar refractivity (Wildman–Crippen MR) is 77.9 cm³/mol. The number of hydrogen-bond acceptors (Lipinski definition) is 3. The van der Waals surface area contributed by atoms with Crippen molar-refractivity contribution >= 4 is 16.6 Å². The monoisotopic (exact) mass is 243 g/mol. The SMILES string of the molecule is CNc1nc(CNC(C)(C)C)cc2ccccc12. The molecule has 0 amide bonds. The summed E-state index contributed by atoms with van der Waals surface area (Å²) in [6.07, 6.45) is 0. The molecule has 0 saturated carbocycles. The molecule has 0 radical (unpaired) electrons. The van der Waals surface area contributed by atoms with Crippen molar-refractivity contribution < 1.29 is 0 Å². The van der Waals surface area contributed by atoms with Crippen molar-refractivity contribution in [2.24, 2.45) is 0 Å². The van der Waals surface area contributed by atoms with Crippen LogP contribution in [0, 0.1) is 0 Å². The van der Waals surface area contributed by atoms with E-state index in [0.717, 1.165) is 18.1 Å². The van der Waals surface area contributed by atoms with Crippen LogP contribution in [0.15, 0.2) is 30.3 Å². The summed E-state index contributed by atoms with van der Waals surface area (Å²) >= 11 is 0. The highest BCUT2D eigenvalue weighted by molar-refractivity contribution is 5.92. The van der Waals surface area contributed by atoms with Gasteiger partial charge in [-0.2, -0.15) is 0 Å². The van der Waals surface area contributed by atoms with Crippen LogP contribution in [0.5, 0.6) is 0 Å². The van der Waals surface area contributed by atoms with Gasteiger partial charge in [0.05, 0.1) is 5.69 Å². The Labute approximate surface area is 109 Å². The third kappa shape index (κ3) is 2.99. The Bertz CT molecular complexity index is 541. The van der Waals surface area contributed by atoms with Crippen LogP contribution in [0.4, 0.5) is 5.82 Å². The molecule has 0 unspecified atom stereocenters. The van der Waals surface area contributed by atoms with Crippen molar-refractivity contribution in [3.8, 4) is 0 Å². The predicted octanol–water partition coefficient (Wildman–Crippen LogP) is 3.16. The Hall–Kier alpha value is -1.61. The van der Waals surface area contributed by atoms with Crippen molar-refractivity contribution in [2.75, 3.05) is 12.4 Å². The van der Waals surface area contributed by atoms with Gasteiger partial charge in [-0.3, -0.25) is 0 Å². The second-order valence-corrected chi connectivity index (χ2v) is 5.54. The van der Waals surface area contributed by atoms with Gasteiger partial charge in [0.1, 0.15) is 5.82 Å². The molecule has 3 heteroatoms. The molecule has 1 heterocycles. The van der Waals surface area contributed by atoms with Crippen molar-refractivity contribution in [1.29, 1.82) is 0 Å². The second kappa shape index (κ2) is 4.94. The maximum absolute atomic E-state index is 4.65. The van der Waals surface area contributed by atoms with Crippen LogP contribution in [0.2, 0.25) is 0 Å². The van der Waals surface area contributed by atoms with Gasteiger partial charge >= 0.3 is 0 Å². The zero-order valence-electron chi connectivity index (χ0n) is 11.5. The van der Waals surface area contributed by atoms with E-state index in [1.807, 2.05) is 13.1 Å². The number of fused-ring (bicyclic) bond motifs is 1. The molecule has 0 fully saturated rings. The van der Waals surface area contributed by atoms with E-state index in [2.05, 4.69) is 60.7 Å². The summed E-state index contributed by atoms with van der Waals surface area (Å²) in [5.41, 5.74) is 1.17. The molecule has 0 saturated heterocycles. The molecular formula is C15H21N3. The Morgan fingerprint density at radius 3 is 2.56 bits per heavy atom. The van der Waals surface area contributed by atoms with E-state index in [-0.39, 0.29) is 5.54 Å². The lowest BCUT2D eigenvalue weighted by molar-refractivity contribution is 0.421. The molecule has 0 aliphatic heterocycles. The fraction of sp³-hybridized carbons (Fsp3) is 0.400. The molecule has 0 bridgehead atoms. The Kier molecular flexibility index (Phi) is 3.53. The Balaban J connectivity index is 2.35. The number of anilines is 1. The molecule has 3 nitrogen and oxygen atoms in total. The fourth-order valence-electron chi connectivity index (χ4n) is 1.89. The zero-order chi connectivity index (χ0) is 13.2. The van der Waals surface area contributed by atoms with E-state index in [4.69, 9.17) is 0 Å². The van der Waals surface area contributed by atoms with Gasteiger partial charge in [-0.15, -0.1) is 0 Å². The van der Waals surface area contributed by atoms with Crippen molar-refractivity contribution in [3.63, 3.8) is 0 Å². The number of rotatable bonds is 3. The largest absolute Gasteiger partial charge is 0.373 e. The zero-order valence-corrected chi connectivity index (χ0v) is 11.5. The first kappa shape index (κ1) is 12.8. The van der Waals surface area contributed by atoms with Crippen molar-refractivity contribution in [1.82, 2.24) is 10.3 Å². The summed E-state index contributed by atoms with van der Waals surface area (Å²) < 4.78 is 0. The Morgan fingerprint density at radius 2 is 1.89 bits per heavy atom. The molecule has 0 aliphatic rings. The van der Waals surface area contributed by atoms with Crippen LogP contribution in [0.1, 0.15) is 26.5 Å². The summed E-state index contributed by atoms with van der Waals surface area (Å²) in [4.78, 5) is 4.65. The van der Waals surface area contributed by atoms with Gasteiger partial charge < -0.3 is 10.6 Å². The second-order valence-electron chi connectivity index (χ2n) is 5.54. The van der Waals surface area contributed by atoms with E-state index in [1.54, 1.807) is 0 Å². The van der Waals surface area contributed by atoms with E-state index >= 15 is 0 Å². The van der Waals surface area contributed by atoms with Crippen LogP contribution in [0.3, 0.4) is 0 Å². The molecule has 0 aliphatic carbocycles. The molecule has 2 N–H and O–H groups in total. The van der Waals surface area contributed by atoms with Crippen LogP contribution >= 0.6 is 0 Å². The quantitative estimate of drug-likeness (QED) is 0.869. The van der Waals surface area contributed by atoms with Gasteiger partial charge in [0.25, 0.3) is 0 Å². The van der Waals surface area contributed by atoms with E-state index in [9.17, 15) is 0 Å². The average molecular weight is 243 g/mol. The number of pyridine rings is 1. The number of benzene rings is 1. The molecule has 2 aromatic rings. The van der Waals surface area contributed by atoms with Crippen molar-refractivity contribution in [3.05, 3.63) is 36.0 Å². The minimum Gasteiger partial charge on any atom is -0.373 e. The van der Waals surface area contributed by atoms with Gasteiger partial charge in [-0.25, -0.2) is 4.98 Å². The van der Waals surface area contributed by atoms with Crippen LogP contribution < -0.4 is 10.6 Å². The molecule has 1 aromatic carbocycles. The van der Waals surface area contributed by atoms with E-state index < -0.39 is 0 Å². The first-order valence-electron chi connectivity index (χ1n) is 6.31. The molecular weight excluding hydrogens is 222 g/mol. The lowest BCUT2D eigenvalue weighted by Crippen LogP contribution is -2.35. The average Bonchev–Trinajstić information content (AvgIpc) is 2.34. The highest BCUT2D eigenvalue weighted by Gasteiger charge is 2.10. The lowest BCUT2D eigenvalue weighted by Gasteiger charge is -2.20. The van der Waals surface area contributed by atoms with Crippen LogP contribution in [0.25, 0.3) is 10.8 Å². The maximum atomic E-state index is 4.65. The molecule has 0 atom stereocenters. The Morgan fingerprint density at radius 1 is 1.17 bits per heavy atom. The smallest absolute Gasteiger partial charge is 0.133 e. The molecule has 2 rings (SSSR count). The third-order valence-corrected chi connectivity index (χ3v) is 2.83. The minimum absolute atomic E-state index is 0.104. The van der Waals surface area contributed by atoms with Gasteiger partial charge in [0.15, 0.2) is 0 Å². The van der Waals surface area contributed by atoms with Gasteiger partial charge in [-0.05, 0) is 32.2 Å². The standard InChI is InChI=1S/C15H21N3/c1-15(2,3)17-10-12-9-11-7-5-6-8-13(11)14(16-4)18-12/h5-9,17H,10H2,1-4H3,(H,16,18). The maximum Gasteiger partial charge on any atom is 0.133 e. The van der Waals surface area contributed by atoms with E-state index in [0.29, 0.717) is 0 Å². The highest BCUT2D eigenvalue weighted by Crippen LogP contribution is 2.22. The highest BCUT2D eigenvalue weighted by atomic mass is 15.0. The summed E-state index contributed by atoms with van der Waals surface area (Å²) in [5.74, 6) is 0.943. The van der Waals surface area contributed by atoms with Crippen LogP contribution in [-0.2, 0) is 6.54 Å². The lowest BCUT2D eigenvalue weighted by atomic mass is 10.1. The molecule has 96 valence electrons. The number of nitrogens with zero attached hydrogens (tertiary/aromatic N) is 1. The minimum atomic E-state index is 0.104. The third-order valence-electron chi connectivity index (χ3n) is 2.83.